The van der Waals surface area contributed by atoms with Gasteiger partial charge in [0.25, 0.3) is 0 Å². The van der Waals surface area contributed by atoms with E-state index in [4.69, 9.17) is 5.11 Å². The molecule has 0 aromatic heterocycles. The fourth-order valence-electron chi connectivity index (χ4n) is 1.88. The van der Waals surface area contributed by atoms with E-state index in [-0.39, 0.29) is 25.0 Å². The lowest BCUT2D eigenvalue weighted by molar-refractivity contribution is -0.136. The van der Waals surface area contributed by atoms with Crippen LogP contribution in [-0.4, -0.2) is 41.1 Å². The number of carboxylic acids is 1. The summed E-state index contributed by atoms with van der Waals surface area (Å²) in [7, 11) is 0. The zero-order valence-electron chi connectivity index (χ0n) is 12.4. The molecule has 0 aromatic carbocycles. The van der Waals surface area contributed by atoms with E-state index in [2.05, 4.69) is 26.1 Å². The molecule has 0 aliphatic heterocycles. The molecule has 0 radical (unpaired) electrons. The van der Waals surface area contributed by atoms with Gasteiger partial charge in [0.15, 0.2) is 0 Å². The van der Waals surface area contributed by atoms with Crippen LogP contribution in [0, 0.1) is 0 Å². The predicted molar refractivity (Wildman–Crippen MR) is 76.3 cm³/mol. The van der Waals surface area contributed by atoms with Gasteiger partial charge in [-0.05, 0) is 19.8 Å². The molecule has 0 saturated carbocycles. The molecule has 0 rings (SSSR count). The highest BCUT2D eigenvalue weighted by Crippen LogP contribution is 2.10. The number of nitrogens with one attached hydrogen (secondary N) is 1. The Morgan fingerprint density at radius 1 is 1.21 bits per heavy atom. The number of carbonyl (C=O) groups is 2. The minimum Gasteiger partial charge on any atom is -0.481 e. The minimum absolute atomic E-state index is 0.0311. The Labute approximate surface area is 116 Å². The molecule has 19 heavy (non-hydrogen) atoms. The van der Waals surface area contributed by atoms with Crippen LogP contribution >= 0.6 is 0 Å². The lowest BCUT2D eigenvalue weighted by atomic mass is 10.1. The molecule has 0 aromatic rings. The van der Waals surface area contributed by atoms with Gasteiger partial charge >= 0.3 is 12.0 Å². The second-order valence-corrected chi connectivity index (χ2v) is 4.91. The number of rotatable bonds is 10. The molecule has 0 aliphatic carbocycles. The number of amides is 2. The van der Waals surface area contributed by atoms with Crippen LogP contribution in [0.3, 0.4) is 0 Å². The monoisotopic (exact) mass is 272 g/mol. The highest BCUT2D eigenvalue weighted by atomic mass is 16.4. The first-order valence-electron chi connectivity index (χ1n) is 7.29. The Morgan fingerprint density at radius 2 is 1.84 bits per heavy atom. The number of nitrogens with zero attached hydrogens (tertiary/aromatic N) is 1. The summed E-state index contributed by atoms with van der Waals surface area (Å²) in [4.78, 5) is 24.3. The van der Waals surface area contributed by atoms with Gasteiger partial charge in [-0.2, -0.15) is 0 Å². The zero-order valence-corrected chi connectivity index (χ0v) is 12.4. The Kier molecular flexibility index (Phi) is 9.94. The molecular formula is C14H28N2O3. The molecule has 5 nitrogen and oxygen atoms in total. The van der Waals surface area contributed by atoms with Gasteiger partial charge in [-0.15, -0.1) is 0 Å². The average Bonchev–Trinajstić information content (AvgIpc) is 2.36. The van der Waals surface area contributed by atoms with Gasteiger partial charge in [-0.1, -0.05) is 33.1 Å². The maximum Gasteiger partial charge on any atom is 0.317 e. The van der Waals surface area contributed by atoms with E-state index < -0.39 is 5.97 Å². The van der Waals surface area contributed by atoms with Crippen LogP contribution in [0.25, 0.3) is 0 Å². The van der Waals surface area contributed by atoms with Crippen molar-refractivity contribution in [3.8, 4) is 0 Å². The van der Waals surface area contributed by atoms with Crippen molar-refractivity contribution < 1.29 is 14.7 Å². The van der Waals surface area contributed by atoms with Gasteiger partial charge in [0.2, 0.25) is 0 Å². The van der Waals surface area contributed by atoms with E-state index in [1.807, 2.05) is 4.90 Å². The molecule has 2 N–H and O–H groups in total. The number of carboxylic acid groups (broad SMARTS) is 1. The van der Waals surface area contributed by atoms with Crippen molar-refractivity contribution in [2.45, 2.75) is 65.3 Å². The van der Waals surface area contributed by atoms with Crippen molar-refractivity contribution in [2.75, 3.05) is 13.1 Å². The Morgan fingerprint density at radius 3 is 2.37 bits per heavy atom. The molecule has 0 aliphatic rings. The number of unbranched alkanes of at least 4 members (excludes halogenated alkanes) is 2. The molecule has 1 unspecified atom stereocenters. The number of carbonyl (C=O) groups excluding carboxylic acids is 1. The highest BCUT2D eigenvalue weighted by Gasteiger charge is 2.18. The molecule has 2 amide bonds. The van der Waals surface area contributed by atoms with Gasteiger partial charge in [0.05, 0.1) is 6.42 Å². The van der Waals surface area contributed by atoms with Gasteiger partial charge in [0.1, 0.15) is 0 Å². The lowest BCUT2D eigenvalue weighted by Crippen LogP contribution is -2.46. The van der Waals surface area contributed by atoms with E-state index in [9.17, 15) is 9.59 Å². The maximum atomic E-state index is 12.1. The normalized spacial score (nSPS) is 11.9. The van der Waals surface area contributed by atoms with Crippen molar-refractivity contribution in [1.82, 2.24) is 10.2 Å². The summed E-state index contributed by atoms with van der Waals surface area (Å²) in [5.74, 6) is -0.889. The first-order valence-corrected chi connectivity index (χ1v) is 7.29. The van der Waals surface area contributed by atoms with Crippen LogP contribution in [0.4, 0.5) is 4.79 Å². The van der Waals surface area contributed by atoms with Gasteiger partial charge in [0, 0.05) is 19.1 Å². The summed E-state index contributed by atoms with van der Waals surface area (Å²) in [6, 6.07) is 0.0645. The fraction of sp³-hybridized carbons (Fsp3) is 0.857. The maximum absolute atomic E-state index is 12.1. The van der Waals surface area contributed by atoms with Crippen molar-refractivity contribution in [2.24, 2.45) is 0 Å². The molecule has 5 heteroatoms. The summed E-state index contributed by atoms with van der Waals surface area (Å²) >= 11 is 0. The largest absolute Gasteiger partial charge is 0.481 e. The third-order valence-corrected chi connectivity index (χ3v) is 3.14. The SMILES string of the molecule is CCCCC(C)N(CCCC)C(=O)NCCC(=O)O. The number of hydrogen-bond acceptors (Lipinski definition) is 2. The highest BCUT2D eigenvalue weighted by molar-refractivity contribution is 5.75. The lowest BCUT2D eigenvalue weighted by Gasteiger charge is -2.29. The van der Waals surface area contributed by atoms with Crippen LogP contribution in [0.15, 0.2) is 0 Å². The summed E-state index contributed by atoms with van der Waals surface area (Å²) in [5.41, 5.74) is 0. The quantitative estimate of drug-likeness (QED) is 0.642. The Bertz CT molecular complexity index is 269. The number of aliphatic carboxylic acids is 1. The molecule has 1 atom stereocenters. The average molecular weight is 272 g/mol. The van der Waals surface area contributed by atoms with E-state index in [1.165, 1.54) is 0 Å². The fourth-order valence-corrected chi connectivity index (χ4v) is 1.88. The van der Waals surface area contributed by atoms with Crippen LogP contribution < -0.4 is 5.32 Å². The third kappa shape index (κ3) is 8.46. The number of hydrogen-bond donors (Lipinski definition) is 2. The van der Waals surface area contributed by atoms with Crippen molar-refractivity contribution in [1.29, 1.82) is 0 Å². The van der Waals surface area contributed by atoms with Gasteiger partial charge in [-0.25, -0.2) is 4.79 Å². The molecular weight excluding hydrogens is 244 g/mol. The second kappa shape index (κ2) is 10.6. The smallest absolute Gasteiger partial charge is 0.317 e. The van der Waals surface area contributed by atoms with E-state index in [0.29, 0.717) is 0 Å². The third-order valence-electron chi connectivity index (χ3n) is 3.14. The Hall–Kier alpha value is -1.26. The predicted octanol–water partition coefficient (Wildman–Crippen LogP) is 2.85. The molecule has 0 saturated heterocycles. The molecule has 112 valence electrons. The minimum atomic E-state index is -0.889. The van der Waals surface area contributed by atoms with Crippen LogP contribution in [-0.2, 0) is 4.79 Å². The van der Waals surface area contributed by atoms with Crippen LogP contribution in [0.5, 0.6) is 0 Å². The first kappa shape index (κ1) is 17.7. The first-order chi connectivity index (χ1) is 9.02. The topological polar surface area (TPSA) is 69.6 Å². The van der Waals surface area contributed by atoms with E-state index >= 15 is 0 Å². The van der Waals surface area contributed by atoms with Crippen LogP contribution in [0.1, 0.15) is 59.3 Å². The summed E-state index contributed by atoms with van der Waals surface area (Å²) < 4.78 is 0. The van der Waals surface area contributed by atoms with E-state index in [1.54, 1.807) is 0 Å². The van der Waals surface area contributed by atoms with Crippen molar-refractivity contribution >= 4 is 12.0 Å². The zero-order chi connectivity index (χ0) is 14.7. The number of urea groups is 1. The molecule has 0 bridgehead atoms. The molecule has 0 fully saturated rings. The Balaban J connectivity index is 4.28. The molecule has 0 spiro atoms. The molecule has 0 heterocycles. The standard InChI is InChI=1S/C14H28N2O3/c1-4-6-8-12(3)16(11-7-5-2)14(19)15-10-9-13(17)18/h12H,4-11H2,1-3H3,(H,15,19)(H,17,18). The van der Waals surface area contributed by atoms with Crippen molar-refractivity contribution in [3.63, 3.8) is 0 Å². The van der Waals surface area contributed by atoms with Crippen molar-refractivity contribution in [3.05, 3.63) is 0 Å². The summed E-state index contributed by atoms with van der Waals surface area (Å²) in [5, 5.41) is 11.3. The van der Waals surface area contributed by atoms with E-state index in [0.717, 1.165) is 38.6 Å². The van der Waals surface area contributed by atoms with Crippen LogP contribution in [0.2, 0.25) is 0 Å². The summed E-state index contributed by atoms with van der Waals surface area (Å²) in [6.45, 7) is 7.22. The summed E-state index contributed by atoms with van der Waals surface area (Å²) in [6.07, 6.45) is 5.20. The second-order valence-electron chi connectivity index (χ2n) is 4.91. The van der Waals surface area contributed by atoms with Gasteiger partial charge < -0.3 is 15.3 Å². The van der Waals surface area contributed by atoms with Gasteiger partial charge in [-0.3, -0.25) is 4.79 Å².